The van der Waals surface area contributed by atoms with Crippen molar-refractivity contribution in [1.29, 1.82) is 0 Å². The maximum Gasteiger partial charge on any atom is 0.343 e. The highest BCUT2D eigenvalue weighted by atomic mass is 32.1. The molecule has 3 aromatic carbocycles. The van der Waals surface area contributed by atoms with Gasteiger partial charge in [0.15, 0.2) is 11.4 Å². The van der Waals surface area contributed by atoms with E-state index in [0.717, 1.165) is 102 Å². The zero-order chi connectivity index (χ0) is 59.1. The van der Waals surface area contributed by atoms with Crippen LogP contribution in [-0.4, -0.2) is 184 Å². The molecule has 1 saturated carbocycles. The number of carbonyl (C=O) groups is 4. The van der Waals surface area contributed by atoms with Gasteiger partial charge in [0.05, 0.1) is 87.2 Å². The van der Waals surface area contributed by atoms with E-state index >= 15 is 0 Å². The van der Waals surface area contributed by atoms with Crippen molar-refractivity contribution in [1.82, 2.24) is 30.3 Å². The standard InChI is InChI=1S/C64H88N6O12S/c1-43-36-44(2)55(45(3)37-43)56-59(81-40-48-12-10-9-11-13-48)64(82-62(56)75)20-18-52(19-21-64)80-35-34-78-31-30-76-28-26-68-22-24-69(25-23-68)27-29-77-32-33-79-41-54(72)67-58(63(6,7)8)61(74)70-39-51(71)38-53(70)60(73)66-46(4)49-14-16-50(17-15-49)57-47(5)65-42-83-57/h9-17,36-37,42,46,51-53,58,71H,18-35,38-41H2,1-8H3,(H,66,73)(H,67,72)/t46-,51+,52?,53-,58+,64?/m0/s1. The molecule has 452 valence electrons. The van der Waals surface area contributed by atoms with E-state index < -0.39 is 41.0 Å². The SMILES string of the molecule is Cc1cc(C)c(C2=C(OCc3ccccc3)C3(CCC(OCCOCCOCCN4CCN(CCOCCOCC(=O)N[C@H](C(=O)N5C[C@H](O)C[C@H]5C(=O)N[C@@H](C)c5ccc(-c6scnc6C)cc5)C(C)(C)C)CC4)CC3)OC2=O)c(C)c1. The zero-order valence-electron chi connectivity index (χ0n) is 50.0. The molecule has 3 fully saturated rings. The lowest BCUT2D eigenvalue weighted by Crippen LogP contribution is -2.58. The van der Waals surface area contributed by atoms with Gasteiger partial charge in [0, 0.05) is 52.2 Å². The van der Waals surface area contributed by atoms with Crippen LogP contribution >= 0.6 is 11.3 Å². The van der Waals surface area contributed by atoms with Crippen LogP contribution in [0.2, 0.25) is 0 Å². The van der Waals surface area contributed by atoms with Crippen molar-refractivity contribution in [3.63, 3.8) is 0 Å². The van der Waals surface area contributed by atoms with E-state index in [0.29, 0.717) is 77.0 Å². The topological polar surface area (TPSA) is 200 Å². The fraction of sp³-hybridized carbons (Fsp3) is 0.578. The molecule has 8 rings (SSSR count). The Bertz CT molecular complexity index is 2780. The second kappa shape index (κ2) is 30.0. The Morgan fingerprint density at radius 2 is 1.41 bits per heavy atom. The minimum atomic E-state index is -0.956. The van der Waals surface area contributed by atoms with Gasteiger partial charge in [-0.3, -0.25) is 24.2 Å². The fourth-order valence-electron chi connectivity index (χ4n) is 11.7. The highest BCUT2D eigenvalue weighted by Crippen LogP contribution is 2.49. The molecule has 0 radical (unpaired) electrons. The molecule has 1 aliphatic carbocycles. The van der Waals surface area contributed by atoms with Crippen LogP contribution in [0.3, 0.4) is 0 Å². The number of carbonyl (C=O) groups excluding carboxylic acids is 4. The normalized spacial score (nSPS) is 21.3. The molecule has 3 amide bonds. The molecule has 0 bridgehead atoms. The monoisotopic (exact) mass is 1160 g/mol. The van der Waals surface area contributed by atoms with Gasteiger partial charge in [-0.05, 0) is 99.1 Å². The van der Waals surface area contributed by atoms with Gasteiger partial charge in [-0.15, -0.1) is 11.3 Å². The molecular formula is C64H88N6O12S. The Morgan fingerprint density at radius 3 is 2.01 bits per heavy atom. The van der Waals surface area contributed by atoms with Gasteiger partial charge in [-0.1, -0.05) is 93.1 Å². The van der Waals surface area contributed by atoms with Crippen molar-refractivity contribution < 1.29 is 57.4 Å². The van der Waals surface area contributed by atoms with Crippen LogP contribution in [0.1, 0.15) is 105 Å². The predicted molar refractivity (Wildman–Crippen MR) is 318 cm³/mol. The molecule has 1 aromatic heterocycles. The van der Waals surface area contributed by atoms with Crippen molar-refractivity contribution in [2.75, 3.05) is 105 Å². The number of hydrogen-bond donors (Lipinski definition) is 3. The highest BCUT2D eigenvalue weighted by Gasteiger charge is 2.52. The Hall–Kier alpha value is -5.61. The summed E-state index contributed by atoms with van der Waals surface area (Å²) in [5.41, 5.74) is 8.94. The number of aryl methyl sites for hydroxylation is 4. The molecule has 0 unspecified atom stereocenters. The first-order chi connectivity index (χ1) is 39.9. The molecule has 4 aromatic rings. The van der Waals surface area contributed by atoms with E-state index in [1.807, 2.05) is 109 Å². The van der Waals surface area contributed by atoms with Crippen LogP contribution in [-0.2, 0) is 58.9 Å². The number of aromatic nitrogens is 1. The third kappa shape index (κ3) is 17.3. The number of rotatable bonds is 28. The number of aliphatic hydroxyl groups is 1. The molecule has 3 N–H and O–H groups in total. The smallest absolute Gasteiger partial charge is 0.343 e. The van der Waals surface area contributed by atoms with Crippen molar-refractivity contribution >= 4 is 40.6 Å². The summed E-state index contributed by atoms with van der Waals surface area (Å²) in [6.07, 6.45) is 2.01. The average molecular weight is 1170 g/mol. The van der Waals surface area contributed by atoms with Crippen molar-refractivity contribution in [3.05, 3.63) is 117 Å². The maximum absolute atomic E-state index is 14.1. The third-order valence-electron chi connectivity index (χ3n) is 16.2. The maximum atomic E-state index is 14.1. The van der Waals surface area contributed by atoms with Gasteiger partial charge in [-0.2, -0.15) is 0 Å². The number of nitrogens with one attached hydrogen (secondary N) is 2. The van der Waals surface area contributed by atoms with Crippen LogP contribution < -0.4 is 10.6 Å². The first-order valence-electron chi connectivity index (χ1n) is 29.6. The second-order valence-corrected chi connectivity index (χ2v) is 24.5. The lowest BCUT2D eigenvalue weighted by Gasteiger charge is -2.37. The summed E-state index contributed by atoms with van der Waals surface area (Å²) in [7, 11) is 0. The summed E-state index contributed by atoms with van der Waals surface area (Å²) >= 11 is 1.58. The molecule has 18 nitrogen and oxygen atoms in total. The van der Waals surface area contributed by atoms with E-state index in [2.05, 4.69) is 44.5 Å². The van der Waals surface area contributed by atoms with E-state index in [1.54, 1.807) is 11.3 Å². The molecule has 3 aliphatic heterocycles. The molecule has 19 heteroatoms. The van der Waals surface area contributed by atoms with Gasteiger partial charge >= 0.3 is 5.97 Å². The van der Waals surface area contributed by atoms with E-state index in [1.165, 1.54) is 4.90 Å². The Kier molecular flexibility index (Phi) is 22.9. The lowest BCUT2D eigenvalue weighted by molar-refractivity contribution is -0.154. The number of hydrogen-bond acceptors (Lipinski definition) is 16. The molecule has 83 heavy (non-hydrogen) atoms. The molecule has 2 saturated heterocycles. The quantitative estimate of drug-likeness (QED) is 0.0378. The van der Waals surface area contributed by atoms with Gasteiger partial charge in [0.25, 0.3) is 0 Å². The number of esters is 1. The van der Waals surface area contributed by atoms with Crippen LogP contribution in [0, 0.1) is 33.1 Å². The number of aliphatic hydroxyl groups excluding tert-OH is 1. The first kappa shape index (κ1) is 63.4. The number of benzene rings is 3. The van der Waals surface area contributed by atoms with Gasteiger partial charge in [0.1, 0.15) is 30.9 Å². The molecular weight excluding hydrogens is 1080 g/mol. The summed E-state index contributed by atoms with van der Waals surface area (Å²) in [6.45, 7) is 24.7. The fourth-order valence-corrected chi connectivity index (χ4v) is 12.5. The molecule has 1 spiro atoms. The van der Waals surface area contributed by atoms with Gasteiger partial charge < -0.3 is 53.8 Å². The Balaban J connectivity index is 0.642. The number of thiazole rings is 1. The van der Waals surface area contributed by atoms with E-state index in [9.17, 15) is 24.3 Å². The summed E-state index contributed by atoms with van der Waals surface area (Å²) < 4.78 is 42.4. The minimum absolute atomic E-state index is 0.0114. The van der Waals surface area contributed by atoms with Crippen LogP contribution in [0.25, 0.3) is 16.0 Å². The first-order valence-corrected chi connectivity index (χ1v) is 30.5. The largest absolute Gasteiger partial charge is 0.488 e. The van der Waals surface area contributed by atoms with Crippen LogP contribution in [0.15, 0.2) is 78.0 Å². The summed E-state index contributed by atoms with van der Waals surface area (Å²) in [4.78, 5) is 66.2. The predicted octanol–water partition coefficient (Wildman–Crippen LogP) is 7.28. The number of piperazine rings is 1. The number of nitrogens with zero attached hydrogens (tertiary/aromatic N) is 4. The van der Waals surface area contributed by atoms with Crippen LogP contribution in [0.4, 0.5) is 0 Å². The summed E-state index contributed by atoms with van der Waals surface area (Å²) in [6, 6.07) is 20.0. The summed E-state index contributed by atoms with van der Waals surface area (Å²) in [5.74, 6) is -0.919. The van der Waals surface area contributed by atoms with E-state index in [4.69, 9.17) is 33.2 Å². The molecule has 4 heterocycles. The van der Waals surface area contributed by atoms with Gasteiger partial charge in [-0.25, -0.2) is 9.78 Å². The van der Waals surface area contributed by atoms with Gasteiger partial charge in [0.2, 0.25) is 17.7 Å². The third-order valence-corrected chi connectivity index (χ3v) is 17.2. The van der Waals surface area contributed by atoms with Crippen molar-refractivity contribution in [2.45, 2.75) is 130 Å². The van der Waals surface area contributed by atoms with Crippen LogP contribution in [0.5, 0.6) is 0 Å². The number of ether oxygens (including phenoxy) is 7. The summed E-state index contributed by atoms with van der Waals surface area (Å²) in [5, 5.41) is 16.5. The average Bonchev–Trinajstić information content (AvgIpc) is 2.49. The van der Waals surface area contributed by atoms with E-state index in [-0.39, 0.29) is 50.2 Å². The number of likely N-dealkylation sites (tertiary alicyclic amines) is 1. The second-order valence-electron chi connectivity index (χ2n) is 23.7. The molecule has 4 aliphatic rings. The number of amides is 3. The Morgan fingerprint density at radius 1 is 0.807 bits per heavy atom. The molecule has 4 atom stereocenters. The van der Waals surface area contributed by atoms with Crippen molar-refractivity contribution in [2.24, 2.45) is 5.41 Å². The minimum Gasteiger partial charge on any atom is -0.488 e. The highest BCUT2D eigenvalue weighted by molar-refractivity contribution is 7.13. The Labute approximate surface area is 494 Å². The van der Waals surface area contributed by atoms with Crippen molar-refractivity contribution in [3.8, 4) is 10.4 Å². The lowest BCUT2D eigenvalue weighted by atomic mass is 9.80. The zero-order valence-corrected chi connectivity index (χ0v) is 50.8. The number of β-amino-alcohol motifs (C(OH)–C–C–N with tert-alkyl or cyclic N) is 1.